The normalized spacial score (nSPS) is 16.0. The Balaban J connectivity index is 1.70. The quantitative estimate of drug-likeness (QED) is 0.342. The Morgan fingerprint density at radius 3 is 2.55 bits per heavy atom. The van der Waals surface area contributed by atoms with E-state index in [2.05, 4.69) is 0 Å². The van der Waals surface area contributed by atoms with E-state index >= 15 is 0 Å². The molecule has 1 aromatic heterocycles. The van der Waals surface area contributed by atoms with Gasteiger partial charge in [0.15, 0.2) is 27.8 Å². The average Bonchev–Trinajstić information content (AvgIpc) is 3.53. The number of nitrogens with zero attached hydrogens (tertiary/aromatic N) is 2. The van der Waals surface area contributed by atoms with Crippen LogP contribution in [0.4, 0.5) is 0 Å². The van der Waals surface area contributed by atoms with Crippen LogP contribution in [0.3, 0.4) is 0 Å². The molecule has 0 radical (unpaired) electrons. The summed E-state index contributed by atoms with van der Waals surface area (Å²) >= 11 is 1.28. The lowest BCUT2D eigenvalue weighted by molar-refractivity contribution is -0.139. The van der Waals surface area contributed by atoms with Crippen LogP contribution in [0.2, 0.25) is 0 Å². The Morgan fingerprint density at radius 2 is 1.80 bits per heavy atom. The highest BCUT2D eigenvalue weighted by molar-refractivity contribution is 7.07. The fourth-order valence-corrected chi connectivity index (χ4v) is 5.85. The van der Waals surface area contributed by atoms with Crippen molar-refractivity contribution in [3.63, 3.8) is 0 Å². The van der Waals surface area contributed by atoms with Gasteiger partial charge in [-0.25, -0.2) is 9.79 Å². The van der Waals surface area contributed by atoms with E-state index in [0.29, 0.717) is 68.8 Å². The summed E-state index contributed by atoms with van der Waals surface area (Å²) in [4.78, 5) is 32.7. The van der Waals surface area contributed by atoms with Crippen molar-refractivity contribution in [2.75, 3.05) is 26.6 Å². The first-order valence-corrected chi connectivity index (χ1v) is 14.3. The van der Waals surface area contributed by atoms with Crippen molar-refractivity contribution < 1.29 is 28.5 Å². The number of thiazole rings is 1. The monoisotopic (exact) mass is 564 g/mol. The Kier molecular flexibility index (Phi) is 8.25. The maximum atomic E-state index is 14.0. The summed E-state index contributed by atoms with van der Waals surface area (Å²) < 4.78 is 30.1. The van der Waals surface area contributed by atoms with E-state index in [9.17, 15) is 9.59 Å². The summed E-state index contributed by atoms with van der Waals surface area (Å²) in [5.74, 6) is 1.95. The fraction of sp³-hybridized carbons (Fsp3) is 0.367. The van der Waals surface area contributed by atoms with E-state index in [4.69, 9.17) is 28.7 Å². The van der Waals surface area contributed by atoms with Gasteiger partial charge in [-0.1, -0.05) is 36.8 Å². The smallest absolute Gasteiger partial charge is 0.338 e. The van der Waals surface area contributed by atoms with Gasteiger partial charge in [0.25, 0.3) is 5.56 Å². The van der Waals surface area contributed by atoms with Crippen LogP contribution < -0.4 is 33.8 Å². The number of benzene rings is 2. The number of carbonyl (C=O) groups is 1. The van der Waals surface area contributed by atoms with Crippen LogP contribution in [0.15, 0.2) is 57.5 Å². The van der Waals surface area contributed by atoms with E-state index < -0.39 is 12.0 Å². The number of hydrogen-bond donors (Lipinski definition) is 0. The molecule has 0 N–H and O–H groups in total. The molecular weight excluding hydrogens is 532 g/mol. The van der Waals surface area contributed by atoms with E-state index in [1.807, 2.05) is 57.2 Å². The lowest BCUT2D eigenvalue weighted by Gasteiger charge is -2.25. The second kappa shape index (κ2) is 12.0. The zero-order valence-corrected chi connectivity index (χ0v) is 23.8. The van der Waals surface area contributed by atoms with Gasteiger partial charge >= 0.3 is 5.97 Å². The summed E-state index contributed by atoms with van der Waals surface area (Å²) in [5.41, 5.74) is 2.23. The maximum absolute atomic E-state index is 14.0. The Morgan fingerprint density at radius 1 is 1.02 bits per heavy atom. The first-order chi connectivity index (χ1) is 19.5. The number of ether oxygens (including phenoxy) is 5. The van der Waals surface area contributed by atoms with Gasteiger partial charge in [-0.15, -0.1) is 0 Å². The van der Waals surface area contributed by atoms with Crippen molar-refractivity contribution in [2.24, 2.45) is 4.99 Å². The number of fused-ring (bicyclic) bond motifs is 2. The molecule has 210 valence electrons. The lowest BCUT2D eigenvalue weighted by Crippen LogP contribution is -2.40. The zero-order valence-electron chi connectivity index (χ0n) is 23.0. The van der Waals surface area contributed by atoms with Gasteiger partial charge in [0.1, 0.15) is 0 Å². The molecule has 0 fully saturated rings. The number of aromatic nitrogens is 1. The molecule has 2 aliphatic heterocycles. The zero-order chi connectivity index (χ0) is 28.2. The third-order valence-corrected chi connectivity index (χ3v) is 7.45. The van der Waals surface area contributed by atoms with Crippen LogP contribution in [0, 0.1) is 0 Å². The molecule has 9 nitrogen and oxygen atoms in total. The van der Waals surface area contributed by atoms with Crippen LogP contribution in [0.25, 0.3) is 6.08 Å². The molecule has 0 saturated carbocycles. The molecular formula is C30H32N2O7S. The number of hydrogen-bond acceptors (Lipinski definition) is 9. The number of allylic oxidation sites excluding steroid dienone is 1. The van der Waals surface area contributed by atoms with E-state index in [0.717, 1.165) is 12.0 Å². The third kappa shape index (κ3) is 5.23. The van der Waals surface area contributed by atoms with Gasteiger partial charge < -0.3 is 23.7 Å². The van der Waals surface area contributed by atoms with Crippen LogP contribution in [0.1, 0.15) is 57.7 Å². The molecule has 0 spiro atoms. The molecule has 10 heteroatoms. The maximum Gasteiger partial charge on any atom is 0.338 e. The summed E-state index contributed by atoms with van der Waals surface area (Å²) in [6, 6.07) is 10.3. The molecule has 0 aliphatic carbocycles. The second-order valence-corrected chi connectivity index (χ2v) is 10.1. The highest BCUT2D eigenvalue weighted by atomic mass is 32.1. The molecule has 2 aromatic carbocycles. The fourth-order valence-electron chi connectivity index (χ4n) is 4.83. The molecule has 3 heterocycles. The molecule has 0 amide bonds. The lowest BCUT2D eigenvalue weighted by atomic mass is 9.94. The third-order valence-electron chi connectivity index (χ3n) is 6.47. The van der Waals surface area contributed by atoms with E-state index in [1.165, 1.54) is 11.3 Å². The second-order valence-electron chi connectivity index (χ2n) is 9.10. The van der Waals surface area contributed by atoms with Gasteiger partial charge in [0.2, 0.25) is 6.79 Å². The first kappa shape index (κ1) is 27.5. The van der Waals surface area contributed by atoms with Crippen molar-refractivity contribution in [3.05, 3.63) is 78.5 Å². The van der Waals surface area contributed by atoms with Gasteiger partial charge in [-0.2, -0.15) is 0 Å². The first-order valence-electron chi connectivity index (χ1n) is 13.5. The molecule has 0 bridgehead atoms. The van der Waals surface area contributed by atoms with Gasteiger partial charge in [0, 0.05) is 0 Å². The minimum atomic E-state index is -0.729. The topological polar surface area (TPSA) is 97.6 Å². The highest BCUT2D eigenvalue weighted by Crippen LogP contribution is 2.39. The molecule has 5 rings (SSSR count). The molecule has 0 saturated heterocycles. The van der Waals surface area contributed by atoms with Crippen LogP contribution in [0.5, 0.6) is 23.0 Å². The van der Waals surface area contributed by atoms with Gasteiger partial charge in [0.05, 0.1) is 41.7 Å². The number of carbonyl (C=O) groups excluding carboxylic acids is 1. The minimum Gasteiger partial charge on any atom is -0.490 e. The summed E-state index contributed by atoms with van der Waals surface area (Å²) in [6.07, 6.45) is 3.15. The summed E-state index contributed by atoms with van der Waals surface area (Å²) in [7, 11) is 0. The Bertz CT molecular complexity index is 1640. The number of esters is 1. The SMILES string of the molecule is CCCC1=C(C(=O)OCC)[C@H](c2ccc3c(c2)OCO3)n2c(s/c(=C\c3ccc(OCC)c(OCC)c3)c2=O)=N1. The Labute approximate surface area is 235 Å². The predicted molar refractivity (Wildman–Crippen MR) is 151 cm³/mol. The highest BCUT2D eigenvalue weighted by Gasteiger charge is 2.35. The number of rotatable bonds is 10. The van der Waals surface area contributed by atoms with Gasteiger partial charge in [-0.05, 0) is 68.7 Å². The van der Waals surface area contributed by atoms with Crippen molar-refractivity contribution in [2.45, 2.75) is 46.6 Å². The van der Waals surface area contributed by atoms with E-state index in [1.54, 1.807) is 17.6 Å². The summed E-state index contributed by atoms with van der Waals surface area (Å²) in [5, 5.41) is 0. The molecule has 3 aromatic rings. The molecule has 40 heavy (non-hydrogen) atoms. The van der Waals surface area contributed by atoms with Crippen molar-refractivity contribution in [1.29, 1.82) is 0 Å². The average molecular weight is 565 g/mol. The predicted octanol–water partition coefficient (Wildman–Crippen LogP) is 4.10. The standard InChI is InChI=1S/C30H32N2O7S/c1-5-9-20-26(29(34)37-8-4)27(19-11-13-22-24(16-19)39-17-38-22)32-28(33)25(40-30(32)31-20)15-18-10-12-21(35-6-2)23(14-18)36-7-3/h10-16,27H,5-9,17H2,1-4H3/b25-15-/t27-/m0/s1. The summed E-state index contributed by atoms with van der Waals surface area (Å²) in [6.45, 7) is 8.94. The largest absolute Gasteiger partial charge is 0.490 e. The van der Waals surface area contributed by atoms with E-state index in [-0.39, 0.29) is 19.0 Å². The Hall–Kier alpha value is -4.05. The minimum absolute atomic E-state index is 0.120. The van der Waals surface area contributed by atoms with Crippen LogP contribution >= 0.6 is 11.3 Å². The van der Waals surface area contributed by atoms with Crippen LogP contribution in [-0.4, -0.2) is 37.1 Å². The van der Waals surface area contributed by atoms with Crippen molar-refractivity contribution in [3.8, 4) is 23.0 Å². The van der Waals surface area contributed by atoms with Gasteiger partial charge in [-0.3, -0.25) is 9.36 Å². The molecule has 0 unspecified atom stereocenters. The molecule has 1 atom stereocenters. The molecule has 2 aliphatic rings. The van der Waals surface area contributed by atoms with Crippen molar-refractivity contribution in [1.82, 2.24) is 4.57 Å². The van der Waals surface area contributed by atoms with Crippen molar-refractivity contribution >= 4 is 23.4 Å². The van der Waals surface area contributed by atoms with Crippen LogP contribution in [-0.2, 0) is 9.53 Å².